The second kappa shape index (κ2) is 14.9. The van der Waals surface area contributed by atoms with Gasteiger partial charge in [-0.2, -0.15) is 4.31 Å². The molecule has 5 rings (SSSR count). The van der Waals surface area contributed by atoms with E-state index in [1.54, 1.807) is 6.07 Å². The van der Waals surface area contributed by atoms with E-state index >= 15 is 0 Å². The fourth-order valence-corrected chi connectivity index (χ4v) is 8.91. The number of sulfonamides is 1. The molecule has 2 fully saturated rings. The van der Waals surface area contributed by atoms with Crippen molar-refractivity contribution in [1.29, 1.82) is 0 Å². The molecule has 2 aromatic carbocycles. The van der Waals surface area contributed by atoms with Crippen LogP contribution in [0.25, 0.3) is 10.9 Å². The van der Waals surface area contributed by atoms with Gasteiger partial charge in [-0.15, -0.1) is 0 Å². The molecule has 0 bridgehead atoms. The summed E-state index contributed by atoms with van der Waals surface area (Å²) in [6.45, 7) is 4.74. The molecule has 13 heteroatoms. The molecule has 3 atom stereocenters. The third-order valence-corrected chi connectivity index (χ3v) is 11.6. The van der Waals surface area contributed by atoms with E-state index in [1.165, 1.54) is 16.4 Å². The summed E-state index contributed by atoms with van der Waals surface area (Å²) in [6, 6.07) is 9.67. The molecule has 1 aromatic heterocycles. The standard InChI is InChI=1S/C33H41Cl2N5O5S/c1-20-17-21(2)39-31-24(20)9-4-11-28(31)45-19-25-26(34)12-13-29(30(25)35)46(43,44)40-16-5-10-27(40)33(42)38-15-6-14-37-32(41)22-7-3-8-23(36)18-22/h4,9,11-13,17,22-23,27H,3,5-8,10,14-16,18-19,36H2,1-2H3,(H,37,41)(H,38,42)/t22?,23?,27-/m0/s1. The summed E-state index contributed by atoms with van der Waals surface area (Å²) in [6.07, 6.45) is 4.88. The third-order valence-electron chi connectivity index (χ3n) is 8.79. The summed E-state index contributed by atoms with van der Waals surface area (Å²) >= 11 is 13.2. The van der Waals surface area contributed by atoms with E-state index in [0.717, 1.165) is 35.9 Å². The van der Waals surface area contributed by atoms with Crippen molar-refractivity contribution in [3.63, 3.8) is 0 Å². The first-order valence-corrected chi connectivity index (χ1v) is 18.0. The zero-order valence-electron chi connectivity index (χ0n) is 26.2. The van der Waals surface area contributed by atoms with Gasteiger partial charge in [0.2, 0.25) is 21.8 Å². The van der Waals surface area contributed by atoms with Crippen LogP contribution in [-0.2, 0) is 26.2 Å². The van der Waals surface area contributed by atoms with E-state index in [-0.39, 0.29) is 51.9 Å². The Morgan fingerprint density at radius 2 is 1.80 bits per heavy atom. The number of aromatic nitrogens is 1. The lowest BCUT2D eigenvalue weighted by molar-refractivity contribution is -0.126. The Balaban J connectivity index is 1.22. The number of aryl methyl sites for hydroxylation is 2. The lowest BCUT2D eigenvalue weighted by atomic mass is 9.85. The van der Waals surface area contributed by atoms with Crippen LogP contribution in [0.15, 0.2) is 41.3 Å². The Bertz CT molecular complexity index is 1720. The molecule has 2 unspecified atom stereocenters. The predicted octanol–water partition coefficient (Wildman–Crippen LogP) is 5.03. The SMILES string of the molecule is Cc1cc(C)c2cccc(OCc3c(Cl)ccc(S(=O)(=O)N4CCC[C@H]4C(=O)NCCCNC(=O)C4CCCC(N)C4)c3Cl)c2n1. The Hall–Kier alpha value is -2.96. The molecular weight excluding hydrogens is 649 g/mol. The summed E-state index contributed by atoms with van der Waals surface area (Å²) in [7, 11) is -4.15. The van der Waals surface area contributed by atoms with Crippen molar-refractivity contribution in [3.05, 3.63) is 63.3 Å². The quantitative estimate of drug-likeness (QED) is 0.240. The molecule has 1 aliphatic carbocycles. The van der Waals surface area contributed by atoms with Crippen LogP contribution in [0.5, 0.6) is 5.75 Å². The molecule has 2 amide bonds. The monoisotopic (exact) mass is 689 g/mol. The first-order valence-electron chi connectivity index (χ1n) is 15.8. The summed E-state index contributed by atoms with van der Waals surface area (Å²) < 4.78 is 35.1. The third kappa shape index (κ3) is 7.60. The van der Waals surface area contributed by atoms with Crippen LogP contribution in [0.1, 0.15) is 61.8 Å². The predicted molar refractivity (Wildman–Crippen MR) is 179 cm³/mol. The molecule has 1 saturated heterocycles. The van der Waals surface area contributed by atoms with Gasteiger partial charge in [-0.05, 0) is 82.2 Å². The van der Waals surface area contributed by atoms with Crippen LogP contribution in [0, 0.1) is 19.8 Å². The van der Waals surface area contributed by atoms with Gasteiger partial charge in [0.05, 0.1) is 5.02 Å². The maximum Gasteiger partial charge on any atom is 0.245 e. The van der Waals surface area contributed by atoms with Crippen molar-refractivity contribution >= 4 is 55.9 Å². The van der Waals surface area contributed by atoms with Crippen LogP contribution in [-0.4, -0.2) is 61.2 Å². The summed E-state index contributed by atoms with van der Waals surface area (Å²) in [5.74, 6) is 0.0799. The van der Waals surface area contributed by atoms with Gasteiger partial charge < -0.3 is 21.1 Å². The number of hydrogen-bond acceptors (Lipinski definition) is 7. The summed E-state index contributed by atoms with van der Waals surface area (Å²) in [4.78, 5) is 30.1. The van der Waals surface area contributed by atoms with Crippen molar-refractivity contribution in [2.24, 2.45) is 11.7 Å². The highest BCUT2D eigenvalue weighted by atomic mass is 35.5. The van der Waals surface area contributed by atoms with Gasteiger partial charge in [0.15, 0.2) is 0 Å². The Labute approximate surface area is 280 Å². The van der Waals surface area contributed by atoms with E-state index in [1.807, 2.05) is 32.0 Å². The van der Waals surface area contributed by atoms with Gasteiger partial charge in [0, 0.05) is 53.3 Å². The number of ether oxygens (including phenoxy) is 1. The first-order chi connectivity index (χ1) is 22.0. The highest BCUT2D eigenvalue weighted by molar-refractivity contribution is 7.89. The smallest absolute Gasteiger partial charge is 0.245 e. The number of para-hydroxylation sites is 1. The van der Waals surface area contributed by atoms with Crippen LogP contribution >= 0.6 is 23.2 Å². The van der Waals surface area contributed by atoms with Gasteiger partial charge in [-0.25, -0.2) is 13.4 Å². The number of nitrogens with zero attached hydrogens (tertiary/aromatic N) is 2. The number of benzene rings is 2. The number of halogens is 2. The Morgan fingerprint density at radius 3 is 2.57 bits per heavy atom. The molecule has 3 aromatic rings. The number of rotatable bonds is 11. The number of fused-ring (bicyclic) bond motifs is 1. The minimum absolute atomic E-state index is 0.00173. The van der Waals surface area contributed by atoms with E-state index in [9.17, 15) is 18.0 Å². The van der Waals surface area contributed by atoms with Gasteiger partial charge in [0.25, 0.3) is 0 Å². The lowest BCUT2D eigenvalue weighted by Gasteiger charge is -2.26. The molecule has 2 aliphatic rings. The Morgan fingerprint density at radius 1 is 1.04 bits per heavy atom. The molecule has 2 heterocycles. The topological polar surface area (TPSA) is 144 Å². The number of pyridine rings is 1. The second-order valence-corrected chi connectivity index (χ2v) is 14.8. The number of carbonyl (C=O) groups excluding carboxylic acids is 2. The largest absolute Gasteiger partial charge is 0.487 e. The number of carbonyl (C=O) groups is 2. The minimum Gasteiger partial charge on any atom is -0.487 e. The van der Waals surface area contributed by atoms with Gasteiger partial charge >= 0.3 is 0 Å². The van der Waals surface area contributed by atoms with Crippen molar-refractivity contribution in [2.45, 2.75) is 82.4 Å². The van der Waals surface area contributed by atoms with Crippen molar-refractivity contribution in [1.82, 2.24) is 19.9 Å². The second-order valence-electron chi connectivity index (χ2n) is 12.2. The number of amides is 2. The van der Waals surface area contributed by atoms with Crippen LogP contribution < -0.4 is 21.1 Å². The first kappa shape index (κ1) is 34.4. The summed E-state index contributed by atoms with van der Waals surface area (Å²) in [5.41, 5.74) is 8.93. The molecule has 0 spiro atoms. The van der Waals surface area contributed by atoms with E-state index in [0.29, 0.717) is 55.6 Å². The Kier molecular flexibility index (Phi) is 11.1. The van der Waals surface area contributed by atoms with E-state index in [2.05, 4.69) is 15.6 Å². The summed E-state index contributed by atoms with van der Waals surface area (Å²) in [5, 5.41) is 6.93. The molecule has 10 nitrogen and oxygen atoms in total. The molecule has 1 saturated carbocycles. The van der Waals surface area contributed by atoms with Crippen LogP contribution in [0.4, 0.5) is 0 Å². The molecule has 0 radical (unpaired) electrons. The normalized spacial score (nSPS) is 20.5. The molecule has 46 heavy (non-hydrogen) atoms. The zero-order valence-corrected chi connectivity index (χ0v) is 28.5. The highest BCUT2D eigenvalue weighted by Crippen LogP contribution is 2.36. The number of hydrogen-bond donors (Lipinski definition) is 3. The van der Waals surface area contributed by atoms with Crippen molar-refractivity contribution in [2.75, 3.05) is 19.6 Å². The molecule has 4 N–H and O–H groups in total. The van der Waals surface area contributed by atoms with Crippen LogP contribution in [0.2, 0.25) is 10.0 Å². The number of nitrogens with two attached hydrogens (primary N) is 1. The molecule has 248 valence electrons. The number of nitrogens with one attached hydrogen (secondary N) is 2. The minimum atomic E-state index is -4.15. The molecule has 1 aliphatic heterocycles. The van der Waals surface area contributed by atoms with Gasteiger partial charge in [0.1, 0.15) is 28.8 Å². The van der Waals surface area contributed by atoms with Gasteiger partial charge in [-0.1, -0.05) is 41.8 Å². The van der Waals surface area contributed by atoms with E-state index < -0.39 is 16.1 Å². The maximum absolute atomic E-state index is 13.9. The van der Waals surface area contributed by atoms with Crippen molar-refractivity contribution < 1.29 is 22.7 Å². The molecular formula is C33H41Cl2N5O5S. The fourth-order valence-electron chi connectivity index (χ4n) is 6.39. The average Bonchev–Trinajstić information content (AvgIpc) is 3.52. The maximum atomic E-state index is 13.9. The zero-order chi connectivity index (χ0) is 33.0. The van der Waals surface area contributed by atoms with Crippen LogP contribution in [0.3, 0.4) is 0 Å². The average molecular weight is 691 g/mol. The lowest BCUT2D eigenvalue weighted by Crippen LogP contribution is -2.46. The highest BCUT2D eigenvalue weighted by Gasteiger charge is 2.40. The van der Waals surface area contributed by atoms with Gasteiger partial charge in [-0.3, -0.25) is 9.59 Å². The fraction of sp³-hybridized carbons (Fsp3) is 0.485. The van der Waals surface area contributed by atoms with Crippen molar-refractivity contribution in [3.8, 4) is 5.75 Å². The van der Waals surface area contributed by atoms with E-state index in [4.69, 9.17) is 33.7 Å².